The zero-order valence-electron chi connectivity index (χ0n) is 19.3. The largest absolute Gasteiger partial charge is 0.459 e. The number of rotatable bonds is 11. The summed E-state index contributed by atoms with van der Waals surface area (Å²) in [5.74, 6) is 1.50. The second-order valence-electron chi connectivity index (χ2n) is 7.63. The third-order valence-corrected chi connectivity index (χ3v) is 6.55. The molecule has 0 bridgehead atoms. The topological polar surface area (TPSA) is 86.1 Å². The molecule has 180 valence electrons. The molecule has 0 aliphatic carbocycles. The maximum absolute atomic E-state index is 13.0. The van der Waals surface area contributed by atoms with Crippen LogP contribution in [-0.2, 0) is 27.6 Å². The number of hydrogen-bond acceptors (Lipinski definition) is 7. The second-order valence-corrected chi connectivity index (χ2v) is 9.56. The molecule has 0 saturated carbocycles. The number of halogens is 1. The summed E-state index contributed by atoms with van der Waals surface area (Å²) in [4.78, 5) is 24.5. The van der Waals surface area contributed by atoms with Gasteiger partial charge in [0.15, 0.2) is 5.16 Å². The van der Waals surface area contributed by atoms with Crippen LogP contribution in [-0.4, -0.2) is 38.5 Å². The van der Waals surface area contributed by atoms with E-state index in [0.29, 0.717) is 28.7 Å². The number of benzene rings is 2. The average Bonchev–Trinajstić information content (AvgIpc) is 3.20. The first-order chi connectivity index (χ1) is 16.4. The molecule has 7 nitrogen and oxygen atoms in total. The molecule has 0 aliphatic heterocycles. The standard InChI is InChI=1S/C24H27FN4O3S2/c1-4-29-21(14-33-13-17-8-10-19(25)11-9-17)27-28-24(29)34-15-22(30)26-20-7-5-6-18(12-20)23(31)32-16(2)3/h5-12,16H,4,13-15H2,1-3H3,(H,26,30). The molecular formula is C24H27FN4O3S2. The molecule has 3 aromatic rings. The highest BCUT2D eigenvalue weighted by molar-refractivity contribution is 7.99. The van der Waals surface area contributed by atoms with Crippen LogP contribution in [0.1, 0.15) is 42.5 Å². The van der Waals surface area contributed by atoms with Crippen LogP contribution >= 0.6 is 23.5 Å². The van der Waals surface area contributed by atoms with E-state index in [9.17, 15) is 14.0 Å². The van der Waals surface area contributed by atoms with Crippen LogP contribution in [0.25, 0.3) is 0 Å². The quantitative estimate of drug-likeness (QED) is 0.286. The fraction of sp³-hybridized carbons (Fsp3) is 0.333. The van der Waals surface area contributed by atoms with E-state index in [1.165, 1.54) is 23.9 Å². The molecular weight excluding hydrogens is 475 g/mol. The number of carbonyl (C=O) groups is 2. The molecule has 0 atom stereocenters. The predicted octanol–water partition coefficient (Wildman–Crippen LogP) is 5.17. The van der Waals surface area contributed by atoms with Gasteiger partial charge in [-0.1, -0.05) is 30.0 Å². The van der Waals surface area contributed by atoms with Crippen molar-refractivity contribution in [2.45, 2.75) is 50.1 Å². The van der Waals surface area contributed by atoms with Crippen LogP contribution in [0.4, 0.5) is 10.1 Å². The van der Waals surface area contributed by atoms with Crippen LogP contribution in [0.15, 0.2) is 53.7 Å². The summed E-state index contributed by atoms with van der Waals surface area (Å²) in [7, 11) is 0. The summed E-state index contributed by atoms with van der Waals surface area (Å²) in [6, 6.07) is 13.1. The summed E-state index contributed by atoms with van der Waals surface area (Å²) in [5.41, 5.74) is 1.95. The minimum atomic E-state index is -0.429. The number of aromatic nitrogens is 3. The first-order valence-electron chi connectivity index (χ1n) is 10.8. The molecule has 10 heteroatoms. The lowest BCUT2D eigenvalue weighted by Gasteiger charge is -2.10. The lowest BCUT2D eigenvalue weighted by Crippen LogP contribution is -2.16. The lowest BCUT2D eigenvalue weighted by molar-refractivity contribution is -0.113. The lowest BCUT2D eigenvalue weighted by atomic mass is 10.2. The highest BCUT2D eigenvalue weighted by atomic mass is 32.2. The highest BCUT2D eigenvalue weighted by Crippen LogP contribution is 2.22. The molecule has 0 radical (unpaired) electrons. The normalized spacial score (nSPS) is 11.0. The van der Waals surface area contributed by atoms with E-state index in [2.05, 4.69) is 15.5 Å². The third kappa shape index (κ3) is 7.59. The first-order valence-corrected chi connectivity index (χ1v) is 13.0. The Labute approximate surface area is 206 Å². The minimum absolute atomic E-state index is 0.154. The number of carbonyl (C=O) groups excluding carboxylic acids is 2. The van der Waals surface area contributed by atoms with Crippen LogP contribution in [0.3, 0.4) is 0 Å². The Bertz CT molecular complexity index is 1120. The van der Waals surface area contributed by atoms with Crippen molar-refractivity contribution in [2.24, 2.45) is 0 Å². The fourth-order valence-electron chi connectivity index (χ4n) is 3.02. The van der Waals surface area contributed by atoms with Gasteiger partial charge < -0.3 is 14.6 Å². The number of nitrogens with zero attached hydrogens (tertiary/aromatic N) is 3. The van der Waals surface area contributed by atoms with Gasteiger partial charge in [0.05, 0.1) is 23.2 Å². The molecule has 34 heavy (non-hydrogen) atoms. The van der Waals surface area contributed by atoms with E-state index in [1.807, 2.05) is 11.5 Å². The van der Waals surface area contributed by atoms with Gasteiger partial charge in [0.1, 0.15) is 11.6 Å². The SMILES string of the molecule is CCn1c(CSCc2ccc(F)cc2)nnc1SCC(=O)Nc1cccc(C(=O)OC(C)C)c1. The smallest absolute Gasteiger partial charge is 0.338 e. The molecule has 1 aromatic heterocycles. The van der Waals surface area contributed by atoms with Crippen molar-refractivity contribution < 1.29 is 18.7 Å². The number of anilines is 1. The van der Waals surface area contributed by atoms with Crippen LogP contribution in [0.2, 0.25) is 0 Å². The van der Waals surface area contributed by atoms with Gasteiger partial charge in [0.2, 0.25) is 5.91 Å². The van der Waals surface area contributed by atoms with Crippen molar-refractivity contribution in [1.82, 2.24) is 14.8 Å². The van der Waals surface area contributed by atoms with Gasteiger partial charge in [-0.3, -0.25) is 4.79 Å². The average molecular weight is 503 g/mol. The minimum Gasteiger partial charge on any atom is -0.459 e. The number of esters is 1. The maximum Gasteiger partial charge on any atom is 0.338 e. The van der Waals surface area contributed by atoms with Gasteiger partial charge in [0, 0.05) is 18.0 Å². The zero-order valence-corrected chi connectivity index (χ0v) is 20.9. The number of nitrogens with one attached hydrogen (secondary N) is 1. The molecule has 0 aliphatic rings. The van der Waals surface area contributed by atoms with Crippen molar-refractivity contribution in [2.75, 3.05) is 11.1 Å². The molecule has 0 spiro atoms. The second kappa shape index (κ2) is 12.6. The number of amides is 1. The molecule has 3 rings (SSSR count). The van der Waals surface area contributed by atoms with E-state index in [-0.39, 0.29) is 23.6 Å². The first kappa shape index (κ1) is 25.8. The molecule has 2 aromatic carbocycles. The van der Waals surface area contributed by atoms with Crippen LogP contribution < -0.4 is 5.32 Å². The summed E-state index contributed by atoms with van der Waals surface area (Å²) in [6.07, 6.45) is -0.218. The van der Waals surface area contributed by atoms with Crippen molar-refractivity contribution in [1.29, 1.82) is 0 Å². The summed E-state index contributed by atoms with van der Waals surface area (Å²) in [6.45, 7) is 6.25. The van der Waals surface area contributed by atoms with Crippen LogP contribution in [0.5, 0.6) is 0 Å². The summed E-state index contributed by atoms with van der Waals surface area (Å²) >= 11 is 2.97. The monoisotopic (exact) mass is 502 g/mol. The Morgan fingerprint density at radius 3 is 2.59 bits per heavy atom. The Hall–Kier alpha value is -2.85. The molecule has 0 fully saturated rings. The predicted molar refractivity (Wildman–Crippen MR) is 133 cm³/mol. The van der Waals surface area contributed by atoms with Crippen molar-refractivity contribution in [3.05, 3.63) is 71.3 Å². The number of hydrogen-bond donors (Lipinski definition) is 1. The van der Waals surface area contributed by atoms with E-state index in [1.54, 1.807) is 62.0 Å². The van der Waals surface area contributed by atoms with E-state index in [0.717, 1.165) is 17.1 Å². The third-order valence-electron chi connectivity index (χ3n) is 4.58. The van der Waals surface area contributed by atoms with Crippen LogP contribution in [0, 0.1) is 5.82 Å². The Morgan fingerprint density at radius 2 is 1.88 bits per heavy atom. The molecule has 1 amide bonds. The molecule has 0 unspecified atom stereocenters. The zero-order chi connectivity index (χ0) is 24.5. The summed E-state index contributed by atoms with van der Waals surface area (Å²) in [5, 5.41) is 12.0. The Balaban J connectivity index is 1.52. The molecule has 0 saturated heterocycles. The van der Waals surface area contributed by atoms with Gasteiger partial charge in [-0.15, -0.1) is 22.0 Å². The Kier molecular flexibility index (Phi) is 9.52. The van der Waals surface area contributed by atoms with Crippen molar-refractivity contribution in [3.8, 4) is 0 Å². The van der Waals surface area contributed by atoms with Crippen molar-refractivity contribution in [3.63, 3.8) is 0 Å². The van der Waals surface area contributed by atoms with Gasteiger partial charge in [0.25, 0.3) is 0 Å². The van der Waals surface area contributed by atoms with E-state index < -0.39 is 5.97 Å². The van der Waals surface area contributed by atoms with Gasteiger partial charge in [-0.2, -0.15) is 0 Å². The summed E-state index contributed by atoms with van der Waals surface area (Å²) < 4.78 is 20.2. The highest BCUT2D eigenvalue weighted by Gasteiger charge is 2.14. The van der Waals surface area contributed by atoms with E-state index >= 15 is 0 Å². The molecule has 1 N–H and O–H groups in total. The van der Waals surface area contributed by atoms with Gasteiger partial charge in [-0.25, -0.2) is 9.18 Å². The van der Waals surface area contributed by atoms with Gasteiger partial charge >= 0.3 is 5.97 Å². The fourth-order valence-corrected chi connectivity index (χ4v) is 4.77. The maximum atomic E-state index is 13.0. The number of ether oxygens (including phenoxy) is 1. The van der Waals surface area contributed by atoms with E-state index in [4.69, 9.17) is 4.74 Å². The van der Waals surface area contributed by atoms with Crippen molar-refractivity contribution >= 4 is 41.1 Å². The molecule has 1 heterocycles. The Morgan fingerprint density at radius 1 is 1.12 bits per heavy atom. The van der Waals surface area contributed by atoms with Gasteiger partial charge in [-0.05, 0) is 56.7 Å². The number of thioether (sulfide) groups is 2.